The zero-order valence-electron chi connectivity index (χ0n) is 12.8. The quantitative estimate of drug-likeness (QED) is 0.868. The van der Waals surface area contributed by atoms with Gasteiger partial charge in [0.15, 0.2) is 0 Å². The zero-order valence-corrected chi connectivity index (χ0v) is 12.8. The summed E-state index contributed by atoms with van der Waals surface area (Å²) in [6, 6.07) is 12.1. The van der Waals surface area contributed by atoms with Gasteiger partial charge in [-0.15, -0.1) is 0 Å². The number of phenols is 1. The molecule has 2 aromatic carbocycles. The highest BCUT2D eigenvalue weighted by Gasteiger charge is 2.17. The number of fused-ring (bicyclic) bond motifs is 1. The van der Waals surface area contributed by atoms with E-state index in [0.29, 0.717) is 5.75 Å². The van der Waals surface area contributed by atoms with Gasteiger partial charge in [0, 0.05) is 12.1 Å². The Kier molecular flexibility index (Phi) is 4.45. The zero-order chi connectivity index (χ0) is 14.7. The summed E-state index contributed by atoms with van der Waals surface area (Å²) in [6.07, 6.45) is 5.42. The fourth-order valence-electron chi connectivity index (χ4n) is 3.44. The first-order chi connectivity index (χ1) is 10.2. The molecule has 0 heterocycles. The Bertz CT molecular complexity index is 600. The number of benzene rings is 2. The van der Waals surface area contributed by atoms with E-state index in [-0.39, 0.29) is 0 Å². The van der Waals surface area contributed by atoms with Gasteiger partial charge in [-0.3, -0.25) is 0 Å². The third-order valence-electron chi connectivity index (χ3n) is 4.89. The fourth-order valence-corrected chi connectivity index (χ4v) is 3.44. The van der Waals surface area contributed by atoms with Crippen LogP contribution in [0, 0.1) is 11.8 Å². The first-order valence-electron chi connectivity index (χ1n) is 8.14. The van der Waals surface area contributed by atoms with Gasteiger partial charge in [0.05, 0.1) is 0 Å². The summed E-state index contributed by atoms with van der Waals surface area (Å²) in [7, 11) is 0. The van der Waals surface area contributed by atoms with Gasteiger partial charge in [0.2, 0.25) is 0 Å². The number of hydrogen-bond donors (Lipinski definition) is 2. The highest BCUT2D eigenvalue weighted by atomic mass is 16.3. The number of nitrogens with one attached hydrogen (secondary N) is 1. The molecule has 2 N–H and O–H groups in total. The van der Waals surface area contributed by atoms with Gasteiger partial charge in [-0.05, 0) is 48.1 Å². The number of phenolic OH excluding ortho intramolecular Hbond substituents is 1. The summed E-state index contributed by atoms with van der Waals surface area (Å²) >= 11 is 0. The van der Waals surface area contributed by atoms with Crippen LogP contribution >= 0.6 is 0 Å². The number of aromatic hydroxyl groups is 1. The molecule has 1 fully saturated rings. The van der Waals surface area contributed by atoms with Crippen LogP contribution in [0.5, 0.6) is 5.75 Å². The second-order valence-corrected chi connectivity index (χ2v) is 6.54. The monoisotopic (exact) mass is 283 g/mol. The van der Waals surface area contributed by atoms with Crippen molar-refractivity contribution in [1.29, 1.82) is 0 Å². The lowest BCUT2D eigenvalue weighted by Crippen LogP contribution is -2.25. The maximum atomic E-state index is 10.1. The minimum atomic E-state index is 0.401. The smallest absolute Gasteiger partial charge is 0.120 e. The van der Waals surface area contributed by atoms with Gasteiger partial charge in [-0.2, -0.15) is 0 Å². The molecule has 2 aromatic rings. The highest BCUT2D eigenvalue weighted by Crippen LogP contribution is 2.29. The molecule has 0 saturated heterocycles. The van der Waals surface area contributed by atoms with Gasteiger partial charge >= 0.3 is 0 Å². The van der Waals surface area contributed by atoms with Crippen LogP contribution in [0.1, 0.15) is 38.2 Å². The summed E-state index contributed by atoms with van der Waals surface area (Å²) < 4.78 is 0. The number of rotatable bonds is 4. The molecule has 1 aliphatic carbocycles. The van der Waals surface area contributed by atoms with E-state index in [0.717, 1.165) is 35.9 Å². The normalized spacial score (nSPS) is 22.5. The van der Waals surface area contributed by atoms with Crippen LogP contribution in [0.2, 0.25) is 0 Å². The molecule has 0 spiro atoms. The second-order valence-electron chi connectivity index (χ2n) is 6.54. The Labute approximate surface area is 127 Å². The van der Waals surface area contributed by atoms with Crippen LogP contribution in [0.4, 0.5) is 0 Å². The lowest BCUT2D eigenvalue weighted by molar-refractivity contribution is 0.281. The standard InChI is InChI=1S/C19H25NO/c1-14-6-8-15(9-7-14)12-20-13-18-17-5-3-2-4-16(17)10-11-19(18)21/h2-5,10-11,14-15,20-21H,6-9,12-13H2,1H3. The molecule has 2 nitrogen and oxygen atoms in total. The van der Waals surface area contributed by atoms with Gasteiger partial charge in [0.25, 0.3) is 0 Å². The maximum Gasteiger partial charge on any atom is 0.120 e. The average Bonchev–Trinajstić information content (AvgIpc) is 2.51. The van der Waals surface area contributed by atoms with Crippen molar-refractivity contribution in [1.82, 2.24) is 5.32 Å². The summed E-state index contributed by atoms with van der Waals surface area (Å²) in [4.78, 5) is 0. The molecular formula is C19H25NO. The average molecular weight is 283 g/mol. The van der Waals surface area contributed by atoms with Gasteiger partial charge in [-0.25, -0.2) is 0 Å². The van der Waals surface area contributed by atoms with Crippen molar-refractivity contribution in [3.8, 4) is 5.75 Å². The van der Waals surface area contributed by atoms with E-state index in [2.05, 4.69) is 24.4 Å². The number of hydrogen-bond acceptors (Lipinski definition) is 2. The van der Waals surface area contributed by atoms with Crippen molar-refractivity contribution in [3.05, 3.63) is 42.0 Å². The predicted octanol–water partition coefficient (Wildman–Crippen LogP) is 4.46. The van der Waals surface area contributed by atoms with E-state index in [4.69, 9.17) is 0 Å². The SMILES string of the molecule is CC1CCC(CNCc2c(O)ccc3ccccc23)CC1. The highest BCUT2D eigenvalue weighted by molar-refractivity contribution is 5.87. The molecule has 0 unspecified atom stereocenters. The lowest BCUT2D eigenvalue weighted by atomic mass is 9.83. The minimum Gasteiger partial charge on any atom is -0.508 e. The molecule has 0 aromatic heterocycles. The first kappa shape index (κ1) is 14.4. The maximum absolute atomic E-state index is 10.1. The summed E-state index contributed by atoms with van der Waals surface area (Å²) in [6.45, 7) is 4.17. The fraction of sp³-hybridized carbons (Fsp3) is 0.474. The Balaban J connectivity index is 1.64. The molecule has 0 amide bonds. The van der Waals surface area contributed by atoms with Crippen molar-refractivity contribution in [2.75, 3.05) is 6.54 Å². The van der Waals surface area contributed by atoms with Crippen LogP contribution in [0.25, 0.3) is 10.8 Å². The van der Waals surface area contributed by atoms with Crippen LogP contribution in [0.15, 0.2) is 36.4 Å². The molecule has 3 rings (SSSR count). The Morgan fingerprint density at radius 1 is 1.05 bits per heavy atom. The Morgan fingerprint density at radius 2 is 1.81 bits per heavy atom. The summed E-state index contributed by atoms with van der Waals surface area (Å²) in [5.41, 5.74) is 1.03. The molecule has 0 aliphatic heterocycles. The predicted molar refractivity (Wildman–Crippen MR) is 88.4 cm³/mol. The topological polar surface area (TPSA) is 32.3 Å². The first-order valence-corrected chi connectivity index (χ1v) is 8.14. The third kappa shape index (κ3) is 3.38. The third-order valence-corrected chi connectivity index (χ3v) is 4.89. The van der Waals surface area contributed by atoms with Crippen LogP contribution in [0.3, 0.4) is 0 Å². The minimum absolute atomic E-state index is 0.401. The molecule has 0 atom stereocenters. The second kappa shape index (κ2) is 6.48. The summed E-state index contributed by atoms with van der Waals surface area (Å²) in [5, 5.41) is 16.0. The van der Waals surface area contributed by atoms with Crippen molar-refractivity contribution in [3.63, 3.8) is 0 Å². The largest absolute Gasteiger partial charge is 0.508 e. The van der Waals surface area contributed by atoms with E-state index in [1.807, 2.05) is 24.3 Å². The van der Waals surface area contributed by atoms with E-state index in [1.54, 1.807) is 0 Å². The van der Waals surface area contributed by atoms with Crippen molar-refractivity contribution < 1.29 is 5.11 Å². The van der Waals surface area contributed by atoms with E-state index in [1.165, 1.54) is 31.1 Å². The van der Waals surface area contributed by atoms with E-state index in [9.17, 15) is 5.11 Å². The Hall–Kier alpha value is -1.54. The van der Waals surface area contributed by atoms with Crippen molar-refractivity contribution >= 4 is 10.8 Å². The van der Waals surface area contributed by atoms with Crippen molar-refractivity contribution in [2.45, 2.75) is 39.2 Å². The van der Waals surface area contributed by atoms with Crippen LogP contribution in [-0.2, 0) is 6.54 Å². The van der Waals surface area contributed by atoms with Gasteiger partial charge < -0.3 is 10.4 Å². The molecule has 112 valence electrons. The van der Waals surface area contributed by atoms with Crippen molar-refractivity contribution in [2.24, 2.45) is 11.8 Å². The molecule has 1 aliphatic rings. The van der Waals surface area contributed by atoms with E-state index < -0.39 is 0 Å². The molecule has 1 saturated carbocycles. The van der Waals surface area contributed by atoms with Crippen LogP contribution < -0.4 is 5.32 Å². The Morgan fingerprint density at radius 3 is 2.62 bits per heavy atom. The molecule has 21 heavy (non-hydrogen) atoms. The lowest BCUT2D eigenvalue weighted by Gasteiger charge is -2.26. The summed E-state index contributed by atoms with van der Waals surface area (Å²) in [5.74, 6) is 2.11. The van der Waals surface area contributed by atoms with Crippen LogP contribution in [-0.4, -0.2) is 11.7 Å². The van der Waals surface area contributed by atoms with E-state index >= 15 is 0 Å². The van der Waals surface area contributed by atoms with Gasteiger partial charge in [-0.1, -0.05) is 50.1 Å². The molecule has 2 heteroatoms. The molecule has 0 bridgehead atoms. The molecule has 0 radical (unpaired) electrons. The van der Waals surface area contributed by atoms with Gasteiger partial charge in [0.1, 0.15) is 5.75 Å². The molecular weight excluding hydrogens is 258 g/mol.